The van der Waals surface area contributed by atoms with Crippen molar-refractivity contribution in [3.8, 4) is 5.69 Å². The molecule has 0 aliphatic carbocycles. The Bertz CT molecular complexity index is 490. The lowest BCUT2D eigenvalue weighted by molar-refractivity contribution is 0.879. The number of nitrogen functional groups attached to an aromatic ring is 1. The number of halogens is 1. The lowest BCUT2D eigenvalue weighted by Crippen LogP contribution is -2.12. The van der Waals surface area contributed by atoms with Crippen molar-refractivity contribution in [2.24, 2.45) is 5.73 Å². The Labute approximate surface area is 95.4 Å². The number of nitrogens with zero attached hydrogens (tertiary/aromatic N) is 2. The first-order valence-electron chi connectivity index (χ1n) is 4.32. The zero-order chi connectivity index (χ0) is 10.8. The smallest absolute Gasteiger partial charge is 0.123 e. The van der Waals surface area contributed by atoms with Crippen molar-refractivity contribution in [1.82, 2.24) is 9.78 Å². The second kappa shape index (κ2) is 3.86. The Balaban J connectivity index is 2.47. The van der Waals surface area contributed by atoms with Crippen LogP contribution in [0.1, 0.15) is 5.56 Å². The fourth-order valence-electron chi connectivity index (χ4n) is 1.29. The van der Waals surface area contributed by atoms with Crippen LogP contribution in [0.2, 0.25) is 0 Å². The molecule has 2 rings (SSSR count). The van der Waals surface area contributed by atoms with E-state index in [2.05, 4.69) is 21.0 Å². The highest BCUT2D eigenvalue weighted by molar-refractivity contribution is 9.10. The molecule has 0 aliphatic rings. The van der Waals surface area contributed by atoms with E-state index in [1.165, 1.54) is 0 Å². The molecule has 0 amide bonds. The highest BCUT2D eigenvalue weighted by Gasteiger charge is 2.04. The maximum atomic E-state index is 7.35. The van der Waals surface area contributed by atoms with Gasteiger partial charge in [0.15, 0.2) is 0 Å². The Morgan fingerprint density at radius 1 is 1.47 bits per heavy atom. The van der Waals surface area contributed by atoms with Crippen LogP contribution >= 0.6 is 15.9 Å². The van der Waals surface area contributed by atoms with Gasteiger partial charge in [0, 0.05) is 22.4 Å². The predicted molar refractivity (Wildman–Crippen MR) is 62.3 cm³/mol. The first-order chi connectivity index (χ1) is 7.18. The lowest BCUT2D eigenvalue weighted by Gasteiger charge is -2.05. The van der Waals surface area contributed by atoms with Gasteiger partial charge in [-0.25, -0.2) is 4.68 Å². The van der Waals surface area contributed by atoms with Gasteiger partial charge >= 0.3 is 0 Å². The summed E-state index contributed by atoms with van der Waals surface area (Å²) in [7, 11) is 0. The number of benzene rings is 1. The van der Waals surface area contributed by atoms with Gasteiger partial charge in [0.05, 0.1) is 5.69 Å². The summed E-state index contributed by atoms with van der Waals surface area (Å²) in [4.78, 5) is 0. The Kier molecular flexibility index (Phi) is 2.55. The molecule has 1 heterocycles. The molecule has 0 spiro atoms. The summed E-state index contributed by atoms with van der Waals surface area (Å²) in [5.41, 5.74) is 7.03. The Morgan fingerprint density at radius 2 is 2.27 bits per heavy atom. The third-order valence-corrected chi connectivity index (χ3v) is 2.67. The molecule has 0 saturated heterocycles. The van der Waals surface area contributed by atoms with E-state index < -0.39 is 0 Å². The van der Waals surface area contributed by atoms with Crippen molar-refractivity contribution < 1.29 is 0 Å². The molecule has 15 heavy (non-hydrogen) atoms. The minimum absolute atomic E-state index is 0.0499. The van der Waals surface area contributed by atoms with Crippen LogP contribution in [0.25, 0.3) is 5.69 Å². The molecule has 0 unspecified atom stereocenters. The van der Waals surface area contributed by atoms with Crippen molar-refractivity contribution in [2.45, 2.75) is 0 Å². The van der Waals surface area contributed by atoms with Crippen molar-refractivity contribution in [3.63, 3.8) is 0 Å². The van der Waals surface area contributed by atoms with Crippen LogP contribution < -0.4 is 5.73 Å². The minimum Gasteiger partial charge on any atom is -0.384 e. The van der Waals surface area contributed by atoms with Crippen LogP contribution in [0.5, 0.6) is 0 Å². The van der Waals surface area contributed by atoms with Crippen molar-refractivity contribution in [1.29, 1.82) is 5.41 Å². The van der Waals surface area contributed by atoms with E-state index in [0.29, 0.717) is 5.56 Å². The van der Waals surface area contributed by atoms with Gasteiger partial charge in [0.2, 0.25) is 0 Å². The molecule has 0 atom stereocenters. The fourth-order valence-corrected chi connectivity index (χ4v) is 1.87. The van der Waals surface area contributed by atoms with Crippen LogP contribution in [-0.4, -0.2) is 15.6 Å². The van der Waals surface area contributed by atoms with E-state index >= 15 is 0 Å². The summed E-state index contributed by atoms with van der Waals surface area (Å²) in [6.07, 6.45) is 3.57. The molecule has 0 bridgehead atoms. The Hall–Kier alpha value is -1.62. The van der Waals surface area contributed by atoms with Crippen LogP contribution in [0, 0.1) is 5.41 Å². The van der Waals surface area contributed by atoms with Crippen molar-refractivity contribution >= 4 is 21.8 Å². The molecule has 1 aromatic carbocycles. The third-order valence-electron chi connectivity index (χ3n) is 2.01. The maximum absolute atomic E-state index is 7.35. The molecule has 4 nitrogen and oxygen atoms in total. The molecular formula is C10H9BrN4. The van der Waals surface area contributed by atoms with Gasteiger partial charge < -0.3 is 5.73 Å². The first-order valence-corrected chi connectivity index (χ1v) is 5.12. The number of nitrogens with two attached hydrogens (primary N) is 1. The number of hydrogen-bond donors (Lipinski definition) is 2. The van der Waals surface area contributed by atoms with Gasteiger partial charge in [-0.2, -0.15) is 5.10 Å². The summed E-state index contributed by atoms with van der Waals surface area (Å²) in [6, 6.07) is 7.40. The van der Waals surface area contributed by atoms with Gasteiger partial charge in [-0.05, 0) is 40.2 Å². The van der Waals surface area contributed by atoms with E-state index in [1.807, 2.05) is 24.4 Å². The fraction of sp³-hybridized carbons (Fsp3) is 0. The molecule has 0 aliphatic heterocycles. The van der Waals surface area contributed by atoms with Gasteiger partial charge in [-0.1, -0.05) is 0 Å². The van der Waals surface area contributed by atoms with Crippen LogP contribution in [0.15, 0.2) is 41.1 Å². The number of hydrogen-bond acceptors (Lipinski definition) is 2. The van der Waals surface area contributed by atoms with Crippen molar-refractivity contribution in [2.75, 3.05) is 0 Å². The van der Waals surface area contributed by atoms with E-state index in [9.17, 15) is 0 Å². The van der Waals surface area contributed by atoms with Crippen LogP contribution in [0.4, 0.5) is 0 Å². The van der Waals surface area contributed by atoms with Gasteiger partial charge in [0.1, 0.15) is 5.84 Å². The number of rotatable bonds is 2. The van der Waals surface area contributed by atoms with E-state index in [1.54, 1.807) is 16.9 Å². The highest BCUT2D eigenvalue weighted by Crippen LogP contribution is 2.19. The molecule has 1 aromatic heterocycles. The normalized spacial score (nSPS) is 10.2. The summed E-state index contributed by atoms with van der Waals surface area (Å²) >= 11 is 3.37. The van der Waals surface area contributed by atoms with E-state index in [4.69, 9.17) is 11.1 Å². The SMILES string of the molecule is N=C(N)c1ccc(-n2cccn2)cc1Br. The summed E-state index contributed by atoms with van der Waals surface area (Å²) < 4.78 is 2.54. The molecule has 0 fully saturated rings. The molecule has 2 aromatic rings. The van der Waals surface area contributed by atoms with E-state index in [-0.39, 0.29) is 5.84 Å². The minimum atomic E-state index is 0.0499. The zero-order valence-electron chi connectivity index (χ0n) is 7.81. The molecule has 76 valence electrons. The number of amidine groups is 1. The second-order valence-electron chi connectivity index (χ2n) is 3.03. The first kappa shape index (κ1) is 9.92. The Morgan fingerprint density at radius 3 is 2.80 bits per heavy atom. The third kappa shape index (κ3) is 1.92. The van der Waals surface area contributed by atoms with Crippen LogP contribution in [0.3, 0.4) is 0 Å². The van der Waals surface area contributed by atoms with Crippen molar-refractivity contribution in [3.05, 3.63) is 46.7 Å². The second-order valence-corrected chi connectivity index (χ2v) is 3.88. The highest BCUT2D eigenvalue weighted by atomic mass is 79.9. The molecular weight excluding hydrogens is 256 g/mol. The molecule has 3 N–H and O–H groups in total. The standard InChI is InChI=1S/C10H9BrN4/c11-9-6-7(15-5-1-4-14-15)2-3-8(9)10(12)13/h1-6H,(H3,12,13). The van der Waals surface area contributed by atoms with Gasteiger partial charge in [-0.3, -0.25) is 5.41 Å². The summed E-state index contributed by atoms with van der Waals surface area (Å²) in [6.45, 7) is 0. The van der Waals surface area contributed by atoms with Crippen LogP contribution in [-0.2, 0) is 0 Å². The quantitative estimate of drug-likeness (QED) is 0.643. The molecule has 0 radical (unpaired) electrons. The molecule has 5 heteroatoms. The number of nitrogens with one attached hydrogen (secondary N) is 1. The average Bonchev–Trinajstić information content (AvgIpc) is 2.69. The average molecular weight is 265 g/mol. The molecule has 0 saturated carbocycles. The largest absolute Gasteiger partial charge is 0.384 e. The summed E-state index contributed by atoms with van der Waals surface area (Å²) in [5.74, 6) is 0.0499. The maximum Gasteiger partial charge on any atom is 0.123 e. The zero-order valence-corrected chi connectivity index (χ0v) is 9.40. The number of aromatic nitrogens is 2. The topological polar surface area (TPSA) is 67.7 Å². The van der Waals surface area contributed by atoms with Gasteiger partial charge in [-0.15, -0.1) is 0 Å². The lowest BCUT2D eigenvalue weighted by atomic mass is 10.2. The monoisotopic (exact) mass is 264 g/mol. The van der Waals surface area contributed by atoms with Gasteiger partial charge in [0.25, 0.3) is 0 Å². The van der Waals surface area contributed by atoms with E-state index in [0.717, 1.165) is 10.2 Å². The summed E-state index contributed by atoms with van der Waals surface area (Å²) in [5, 5.41) is 11.5. The predicted octanol–water partition coefficient (Wildman–Crippen LogP) is 1.92.